The van der Waals surface area contributed by atoms with Gasteiger partial charge in [0.1, 0.15) is 0 Å². The fourth-order valence-corrected chi connectivity index (χ4v) is 1.99. The van der Waals surface area contributed by atoms with Crippen molar-refractivity contribution in [2.24, 2.45) is 0 Å². The lowest BCUT2D eigenvalue weighted by molar-refractivity contribution is 0.209. The molecular weight excluding hydrogens is 256 g/mol. The van der Waals surface area contributed by atoms with Gasteiger partial charge in [-0.3, -0.25) is 9.78 Å². The zero-order chi connectivity index (χ0) is 14.8. The SMILES string of the molecule is CCCCCCCC[C@H](O)/C=C/c1c[nH]c(=O)[nH]c1=O. The standard InChI is InChI=1S/C15H24N2O3/c1-2-3-4-5-6-7-8-13(18)10-9-12-11-16-15(20)17-14(12)19/h9-11,13,18H,2-8H2,1H3,(H2,16,17,19,20)/b10-9+/t13-/m0/s1. The summed E-state index contributed by atoms with van der Waals surface area (Å²) in [4.78, 5) is 26.8. The molecule has 0 spiro atoms. The Hall–Kier alpha value is -1.62. The van der Waals surface area contributed by atoms with Crippen LogP contribution in [-0.4, -0.2) is 21.2 Å². The van der Waals surface area contributed by atoms with Gasteiger partial charge >= 0.3 is 5.69 Å². The Bertz CT molecular complexity index is 516. The van der Waals surface area contributed by atoms with E-state index >= 15 is 0 Å². The van der Waals surface area contributed by atoms with E-state index in [0.717, 1.165) is 12.8 Å². The number of aromatic amines is 2. The third kappa shape index (κ3) is 6.52. The number of hydrogen-bond acceptors (Lipinski definition) is 3. The summed E-state index contributed by atoms with van der Waals surface area (Å²) in [5.74, 6) is 0. The highest BCUT2D eigenvalue weighted by atomic mass is 16.3. The number of nitrogens with one attached hydrogen (secondary N) is 2. The Morgan fingerprint density at radius 1 is 1.20 bits per heavy atom. The van der Waals surface area contributed by atoms with Gasteiger partial charge in [0.05, 0.1) is 11.7 Å². The summed E-state index contributed by atoms with van der Waals surface area (Å²) < 4.78 is 0. The molecule has 0 aliphatic rings. The van der Waals surface area contributed by atoms with E-state index in [4.69, 9.17) is 0 Å². The Labute approximate surface area is 118 Å². The van der Waals surface area contributed by atoms with Gasteiger partial charge in [-0.05, 0) is 12.5 Å². The second-order valence-electron chi connectivity index (χ2n) is 5.01. The van der Waals surface area contributed by atoms with Gasteiger partial charge in [-0.25, -0.2) is 4.79 Å². The van der Waals surface area contributed by atoms with Crippen molar-refractivity contribution in [1.29, 1.82) is 0 Å². The molecule has 112 valence electrons. The highest BCUT2D eigenvalue weighted by Crippen LogP contribution is 2.09. The molecule has 20 heavy (non-hydrogen) atoms. The summed E-state index contributed by atoms with van der Waals surface area (Å²) in [5.41, 5.74) is -0.636. The van der Waals surface area contributed by atoms with Crippen LogP contribution in [0, 0.1) is 0 Å². The van der Waals surface area contributed by atoms with Crippen LogP contribution < -0.4 is 11.2 Å². The minimum Gasteiger partial charge on any atom is -0.389 e. The van der Waals surface area contributed by atoms with Gasteiger partial charge < -0.3 is 10.1 Å². The quantitative estimate of drug-likeness (QED) is 0.606. The summed E-state index contributed by atoms with van der Waals surface area (Å²) in [5, 5.41) is 9.79. The lowest BCUT2D eigenvalue weighted by Gasteiger charge is -2.05. The fraction of sp³-hybridized carbons (Fsp3) is 0.600. The van der Waals surface area contributed by atoms with Gasteiger partial charge in [-0.1, -0.05) is 51.5 Å². The first-order valence-corrected chi connectivity index (χ1v) is 7.31. The number of H-pyrrole nitrogens is 2. The van der Waals surface area contributed by atoms with Crippen molar-refractivity contribution in [3.8, 4) is 0 Å². The Kier molecular flexibility index (Phi) is 7.65. The molecule has 1 rings (SSSR count). The largest absolute Gasteiger partial charge is 0.389 e. The molecule has 0 radical (unpaired) electrons. The van der Waals surface area contributed by atoms with E-state index in [9.17, 15) is 14.7 Å². The van der Waals surface area contributed by atoms with Crippen LogP contribution in [0.5, 0.6) is 0 Å². The normalized spacial score (nSPS) is 12.9. The number of rotatable bonds is 9. The van der Waals surface area contributed by atoms with Crippen molar-refractivity contribution in [2.45, 2.75) is 58.0 Å². The first-order valence-electron chi connectivity index (χ1n) is 7.31. The van der Waals surface area contributed by atoms with E-state index in [1.165, 1.54) is 38.0 Å². The van der Waals surface area contributed by atoms with Gasteiger partial charge in [0.15, 0.2) is 0 Å². The van der Waals surface area contributed by atoms with Crippen molar-refractivity contribution in [1.82, 2.24) is 9.97 Å². The molecule has 0 unspecified atom stereocenters. The molecule has 5 nitrogen and oxygen atoms in total. The van der Waals surface area contributed by atoms with E-state index in [1.54, 1.807) is 6.08 Å². The molecule has 0 bridgehead atoms. The van der Waals surface area contributed by atoms with Crippen LogP contribution in [0.3, 0.4) is 0 Å². The number of aliphatic hydroxyl groups is 1. The fourth-order valence-electron chi connectivity index (χ4n) is 1.99. The van der Waals surface area contributed by atoms with E-state index in [-0.39, 0.29) is 0 Å². The second-order valence-corrected chi connectivity index (χ2v) is 5.01. The highest BCUT2D eigenvalue weighted by Gasteiger charge is 2.01. The molecule has 5 heteroatoms. The van der Waals surface area contributed by atoms with Crippen LogP contribution in [0.25, 0.3) is 6.08 Å². The third-order valence-corrected chi connectivity index (χ3v) is 3.20. The Morgan fingerprint density at radius 3 is 2.60 bits per heavy atom. The molecular formula is C15H24N2O3. The van der Waals surface area contributed by atoms with E-state index in [0.29, 0.717) is 12.0 Å². The van der Waals surface area contributed by atoms with Crippen molar-refractivity contribution in [3.05, 3.63) is 38.7 Å². The van der Waals surface area contributed by atoms with E-state index in [1.807, 2.05) is 0 Å². The van der Waals surface area contributed by atoms with Gasteiger partial charge in [-0.15, -0.1) is 0 Å². The minimum atomic E-state index is -0.549. The van der Waals surface area contributed by atoms with Crippen LogP contribution in [-0.2, 0) is 0 Å². The summed E-state index contributed by atoms with van der Waals surface area (Å²) in [6.45, 7) is 2.19. The monoisotopic (exact) mass is 280 g/mol. The summed E-state index contributed by atoms with van der Waals surface area (Å²) in [7, 11) is 0. The van der Waals surface area contributed by atoms with Gasteiger partial charge in [0.25, 0.3) is 5.56 Å². The van der Waals surface area contributed by atoms with Crippen LogP contribution in [0.4, 0.5) is 0 Å². The molecule has 1 aromatic rings. The topological polar surface area (TPSA) is 85.9 Å². The molecule has 1 heterocycles. The first kappa shape index (κ1) is 16.4. The molecule has 0 saturated heterocycles. The highest BCUT2D eigenvalue weighted by molar-refractivity contribution is 5.46. The summed E-state index contributed by atoms with van der Waals surface area (Å²) >= 11 is 0. The smallest absolute Gasteiger partial charge is 0.325 e. The first-order chi connectivity index (χ1) is 9.63. The average Bonchev–Trinajstić information content (AvgIpc) is 2.41. The number of unbranched alkanes of at least 4 members (excludes halogenated alkanes) is 5. The van der Waals surface area contributed by atoms with E-state index in [2.05, 4.69) is 16.9 Å². The lowest BCUT2D eigenvalue weighted by atomic mass is 10.1. The lowest BCUT2D eigenvalue weighted by Crippen LogP contribution is -2.23. The predicted octanol–water partition coefficient (Wildman–Crippen LogP) is 2.19. The maximum Gasteiger partial charge on any atom is 0.325 e. The van der Waals surface area contributed by atoms with Gasteiger partial charge in [0.2, 0.25) is 0 Å². The third-order valence-electron chi connectivity index (χ3n) is 3.20. The Balaban J connectivity index is 2.31. The number of aliphatic hydroxyl groups excluding tert-OH is 1. The number of aromatic nitrogens is 2. The van der Waals surface area contributed by atoms with Crippen LogP contribution in [0.1, 0.15) is 57.4 Å². The maximum atomic E-state index is 11.4. The summed E-state index contributed by atoms with van der Waals surface area (Å²) in [6, 6.07) is 0. The predicted molar refractivity (Wildman–Crippen MR) is 80.7 cm³/mol. The zero-order valence-corrected chi connectivity index (χ0v) is 12.0. The molecule has 0 fully saturated rings. The Morgan fingerprint density at radius 2 is 1.90 bits per heavy atom. The second kappa shape index (κ2) is 9.31. The maximum absolute atomic E-state index is 11.4. The van der Waals surface area contributed by atoms with Crippen molar-refractivity contribution < 1.29 is 5.11 Å². The molecule has 3 N–H and O–H groups in total. The molecule has 0 amide bonds. The summed E-state index contributed by atoms with van der Waals surface area (Å²) in [6.07, 6.45) is 11.7. The van der Waals surface area contributed by atoms with Crippen molar-refractivity contribution in [2.75, 3.05) is 0 Å². The molecule has 0 aliphatic heterocycles. The molecule has 1 aromatic heterocycles. The number of hydrogen-bond donors (Lipinski definition) is 3. The van der Waals surface area contributed by atoms with Crippen molar-refractivity contribution >= 4 is 6.08 Å². The zero-order valence-electron chi connectivity index (χ0n) is 12.0. The van der Waals surface area contributed by atoms with Crippen LogP contribution in [0.2, 0.25) is 0 Å². The minimum absolute atomic E-state index is 0.339. The molecule has 0 saturated carbocycles. The van der Waals surface area contributed by atoms with E-state index < -0.39 is 17.4 Å². The van der Waals surface area contributed by atoms with Gasteiger partial charge in [-0.2, -0.15) is 0 Å². The van der Waals surface area contributed by atoms with Gasteiger partial charge in [0, 0.05) is 6.20 Å². The molecule has 0 aromatic carbocycles. The average molecular weight is 280 g/mol. The van der Waals surface area contributed by atoms with Crippen molar-refractivity contribution in [3.63, 3.8) is 0 Å². The van der Waals surface area contributed by atoms with Crippen LogP contribution in [0.15, 0.2) is 21.9 Å². The molecule has 1 atom stereocenters. The van der Waals surface area contributed by atoms with Crippen LogP contribution >= 0.6 is 0 Å². The molecule has 0 aliphatic carbocycles.